The highest BCUT2D eigenvalue weighted by atomic mass is 31.0. The van der Waals surface area contributed by atoms with Crippen LogP contribution in [0, 0.1) is 23.2 Å². The summed E-state index contributed by atoms with van der Waals surface area (Å²) in [5, 5.41) is 15.2. The molecule has 0 aliphatic heterocycles. The van der Waals surface area contributed by atoms with E-state index in [1.807, 2.05) is 0 Å². The number of fused-ring (bicyclic) bond motifs is 1. The zero-order valence-corrected chi connectivity index (χ0v) is 17.0. The first kappa shape index (κ1) is 19.3. The van der Waals surface area contributed by atoms with Crippen LogP contribution in [-0.4, -0.2) is 41.0 Å². The number of nitrogen functional groups attached to an aromatic ring is 1. The number of hydrogen-bond acceptors (Lipinski definition) is 6. The third-order valence-electron chi connectivity index (χ3n) is 5.08. The number of amides is 1. The van der Waals surface area contributed by atoms with Crippen LogP contribution >= 0.6 is 9.24 Å². The van der Waals surface area contributed by atoms with Crippen molar-refractivity contribution in [3.8, 4) is 17.3 Å². The number of nitrogens with two attached hydrogens (primary N) is 1. The van der Waals surface area contributed by atoms with Crippen LogP contribution in [0.15, 0.2) is 24.5 Å². The van der Waals surface area contributed by atoms with Crippen molar-refractivity contribution in [2.24, 2.45) is 11.8 Å². The topological polar surface area (TPSA) is 125 Å². The van der Waals surface area contributed by atoms with Crippen molar-refractivity contribution in [2.45, 2.75) is 11.7 Å². The molecule has 11 heteroatoms. The Morgan fingerprint density at radius 2 is 2.28 bits per heavy atom. The third-order valence-corrected chi connectivity index (χ3v) is 5.37. The maximum Gasteiger partial charge on any atom is 0.232 e. The molecule has 146 valence electrons. The van der Waals surface area contributed by atoms with Gasteiger partial charge in [0, 0.05) is 24.2 Å². The van der Waals surface area contributed by atoms with Crippen LogP contribution in [0.1, 0.15) is 12.1 Å². The molecular formula is C18H18BFN7OP. The smallest absolute Gasteiger partial charge is 0.232 e. The minimum atomic E-state index is -1.71. The predicted molar refractivity (Wildman–Crippen MR) is 113 cm³/mol. The number of H-pyrrole nitrogens is 1. The molecule has 4 rings (SSSR count). The molecule has 1 saturated carbocycles. The van der Waals surface area contributed by atoms with E-state index in [0.717, 1.165) is 0 Å². The predicted octanol–water partition coefficient (Wildman–Crippen LogP) is 1.31. The van der Waals surface area contributed by atoms with Gasteiger partial charge in [-0.1, -0.05) is 0 Å². The largest absolute Gasteiger partial charge is 0.383 e. The van der Waals surface area contributed by atoms with E-state index < -0.39 is 5.31 Å². The van der Waals surface area contributed by atoms with Crippen LogP contribution in [0.4, 0.5) is 16.0 Å². The van der Waals surface area contributed by atoms with E-state index in [1.54, 1.807) is 25.4 Å². The second-order valence-electron chi connectivity index (χ2n) is 7.37. The number of rotatable bonds is 4. The quantitative estimate of drug-likeness (QED) is 0.495. The average molecular weight is 409 g/mol. The Morgan fingerprint density at radius 1 is 1.52 bits per heavy atom. The minimum Gasteiger partial charge on any atom is -0.383 e. The highest BCUT2D eigenvalue weighted by molar-refractivity contribution is 7.21. The molecule has 0 spiro atoms. The fourth-order valence-corrected chi connectivity index (χ4v) is 3.53. The third kappa shape index (κ3) is 3.43. The maximum atomic E-state index is 14.5. The van der Waals surface area contributed by atoms with E-state index in [-0.39, 0.29) is 29.3 Å². The monoisotopic (exact) mass is 409 g/mol. The summed E-state index contributed by atoms with van der Waals surface area (Å²) >= 11 is 0. The molecule has 0 saturated heterocycles. The van der Waals surface area contributed by atoms with Crippen molar-refractivity contribution in [3.05, 3.63) is 30.2 Å². The van der Waals surface area contributed by atoms with Gasteiger partial charge in [-0.3, -0.25) is 14.8 Å². The molecule has 3 N–H and O–H groups in total. The Hall–Kier alpha value is -3.05. The van der Waals surface area contributed by atoms with Crippen LogP contribution in [0.5, 0.6) is 0 Å². The summed E-state index contributed by atoms with van der Waals surface area (Å²) in [6.45, 7) is 0. The number of nitriles is 1. The Balaban J connectivity index is 1.75. The minimum absolute atomic E-state index is 0.140. The first-order valence-corrected chi connectivity index (χ1v) is 9.54. The number of nitrogens with one attached hydrogen (secondary N) is 1. The number of carbonyl (C=O) groups excluding carboxylic acids is 1. The second kappa shape index (κ2) is 6.78. The van der Waals surface area contributed by atoms with Crippen LogP contribution in [0.2, 0.25) is 0 Å². The van der Waals surface area contributed by atoms with Crippen molar-refractivity contribution in [1.82, 2.24) is 20.2 Å². The lowest BCUT2D eigenvalue weighted by atomic mass is 9.93. The standard InChI is InChI=1S/C18H18BFN7OP/c1-27(17(28)10-2-9(10)5-21)14-4-8-3-13(25-16(22)11(8)6-23-14)12-7-24-26-15(12)18(19,20)29/h3-4,6-7,9-10H,2,19,29H2,1H3,(H2,22,25)(H,24,26)/t9?,10-,18?/m0/s1. The molecule has 4 atom stereocenters. The molecule has 1 aliphatic rings. The summed E-state index contributed by atoms with van der Waals surface area (Å²) in [6, 6.07) is 5.61. The van der Waals surface area contributed by atoms with Gasteiger partial charge in [-0.2, -0.15) is 10.4 Å². The number of halogens is 1. The Morgan fingerprint density at radius 3 is 2.93 bits per heavy atom. The van der Waals surface area contributed by atoms with Gasteiger partial charge in [-0.25, -0.2) is 14.4 Å². The molecule has 3 unspecified atom stereocenters. The molecule has 1 fully saturated rings. The average Bonchev–Trinajstić information content (AvgIpc) is 3.29. The van der Waals surface area contributed by atoms with E-state index in [1.165, 1.54) is 18.9 Å². The van der Waals surface area contributed by atoms with E-state index in [4.69, 9.17) is 11.0 Å². The van der Waals surface area contributed by atoms with Crippen LogP contribution < -0.4 is 10.6 Å². The SMILES string of the molecule is BC(F)(P)c1[nH]ncc1-c1cc2cc(N(C)C(=O)[C@H]3CC3C#N)ncc2c(N)n1. The number of nitrogens with zero attached hydrogens (tertiary/aromatic N) is 5. The van der Waals surface area contributed by atoms with E-state index in [0.29, 0.717) is 34.3 Å². The van der Waals surface area contributed by atoms with Gasteiger partial charge in [0.15, 0.2) is 7.85 Å². The van der Waals surface area contributed by atoms with Gasteiger partial charge in [0.05, 0.1) is 35.5 Å². The van der Waals surface area contributed by atoms with Crippen molar-refractivity contribution in [3.63, 3.8) is 0 Å². The summed E-state index contributed by atoms with van der Waals surface area (Å²) in [7, 11) is 5.15. The fourth-order valence-electron chi connectivity index (χ4n) is 3.31. The van der Waals surface area contributed by atoms with Crippen molar-refractivity contribution >= 4 is 45.4 Å². The summed E-state index contributed by atoms with van der Waals surface area (Å²) < 4.78 is 14.5. The normalized spacial score (nSPS) is 20.1. The Bertz CT molecular complexity index is 1170. The van der Waals surface area contributed by atoms with Crippen LogP contribution in [0.3, 0.4) is 0 Å². The van der Waals surface area contributed by atoms with Gasteiger partial charge in [-0.15, -0.1) is 9.24 Å². The molecule has 1 aliphatic carbocycles. The van der Waals surface area contributed by atoms with Crippen LogP contribution in [0.25, 0.3) is 22.0 Å². The summed E-state index contributed by atoms with van der Waals surface area (Å²) in [5.41, 5.74) is 7.33. The number of alkyl halides is 1. The molecule has 3 aromatic rings. The highest BCUT2D eigenvalue weighted by Gasteiger charge is 2.45. The first-order chi connectivity index (χ1) is 13.7. The Labute approximate surface area is 169 Å². The lowest BCUT2D eigenvalue weighted by Crippen LogP contribution is -2.29. The molecular weight excluding hydrogens is 391 g/mol. The summed E-state index contributed by atoms with van der Waals surface area (Å²) in [4.78, 5) is 22.7. The first-order valence-electron chi connectivity index (χ1n) is 8.96. The number of anilines is 2. The van der Waals surface area contributed by atoms with E-state index >= 15 is 0 Å². The highest BCUT2D eigenvalue weighted by Crippen LogP contribution is 2.40. The van der Waals surface area contributed by atoms with Crippen molar-refractivity contribution in [1.29, 1.82) is 5.26 Å². The second-order valence-corrected chi connectivity index (χ2v) is 8.45. The number of aromatic nitrogens is 4. The molecule has 8 nitrogen and oxygen atoms in total. The fraction of sp³-hybridized carbons (Fsp3) is 0.278. The van der Waals surface area contributed by atoms with Crippen LogP contribution in [-0.2, 0) is 10.1 Å². The maximum absolute atomic E-state index is 14.5. The molecule has 0 aromatic carbocycles. The van der Waals surface area contributed by atoms with Gasteiger partial charge in [0.1, 0.15) is 16.9 Å². The molecule has 0 radical (unpaired) electrons. The summed E-state index contributed by atoms with van der Waals surface area (Å²) in [5.74, 6) is 0.0424. The van der Waals surface area contributed by atoms with Gasteiger partial charge < -0.3 is 5.73 Å². The number of pyridine rings is 2. The molecule has 0 bridgehead atoms. The zero-order valence-electron chi connectivity index (χ0n) is 15.8. The van der Waals surface area contributed by atoms with Gasteiger partial charge >= 0.3 is 0 Å². The van der Waals surface area contributed by atoms with Gasteiger partial charge in [-0.05, 0) is 23.9 Å². The molecule has 3 aromatic heterocycles. The molecule has 3 heterocycles. The Kier molecular flexibility index (Phi) is 4.51. The van der Waals surface area contributed by atoms with E-state index in [9.17, 15) is 9.18 Å². The summed E-state index contributed by atoms with van der Waals surface area (Å²) in [6.07, 6.45) is 3.63. The zero-order chi connectivity index (χ0) is 20.9. The number of hydrogen-bond donors (Lipinski definition) is 2. The van der Waals surface area contributed by atoms with Gasteiger partial charge in [0.25, 0.3) is 0 Å². The lowest BCUT2D eigenvalue weighted by molar-refractivity contribution is -0.119. The van der Waals surface area contributed by atoms with E-state index in [2.05, 4.69) is 35.5 Å². The number of aromatic amines is 1. The number of carbonyl (C=O) groups is 1. The lowest BCUT2D eigenvalue weighted by Gasteiger charge is -2.17. The van der Waals surface area contributed by atoms with Crippen molar-refractivity contribution < 1.29 is 9.18 Å². The molecule has 1 amide bonds. The molecule has 29 heavy (non-hydrogen) atoms. The van der Waals surface area contributed by atoms with Gasteiger partial charge in [0.2, 0.25) is 5.91 Å². The van der Waals surface area contributed by atoms with Crippen molar-refractivity contribution in [2.75, 3.05) is 17.7 Å².